The van der Waals surface area contributed by atoms with Gasteiger partial charge in [0.2, 0.25) is 5.95 Å². The molecular weight excluding hydrogens is 161 g/mol. The van der Waals surface area contributed by atoms with E-state index in [0.717, 1.165) is 0 Å². The topological polar surface area (TPSA) is 31.4 Å². The van der Waals surface area contributed by atoms with Gasteiger partial charge in [0.15, 0.2) is 0 Å². The van der Waals surface area contributed by atoms with Crippen LogP contribution in [0, 0.1) is 5.95 Å². The van der Waals surface area contributed by atoms with Gasteiger partial charge in [-0.3, -0.25) is 0 Å². The van der Waals surface area contributed by atoms with Crippen LogP contribution in [-0.4, -0.2) is 18.4 Å². The maximum absolute atomic E-state index is 13.0. The summed E-state index contributed by atoms with van der Waals surface area (Å²) in [6.07, 6.45) is 1.12. The van der Waals surface area contributed by atoms with Crippen molar-refractivity contribution in [1.82, 2.24) is 4.98 Å². The number of pyridine rings is 1. The van der Waals surface area contributed by atoms with Crippen molar-refractivity contribution in [3.05, 3.63) is 29.8 Å². The fraction of sp³-hybridized carbons (Fsp3) is 0.375. The van der Waals surface area contributed by atoms with Gasteiger partial charge >= 0.3 is 0 Å². The SMILES string of the molecule is Fc1ncccc1C1COCO1. The van der Waals surface area contributed by atoms with E-state index in [4.69, 9.17) is 9.47 Å². The van der Waals surface area contributed by atoms with Crippen LogP contribution in [0.3, 0.4) is 0 Å². The summed E-state index contributed by atoms with van der Waals surface area (Å²) in [7, 11) is 0. The Hall–Kier alpha value is -1.00. The van der Waals surface area contributed by atoms with Gasteiger partial charge < -0.3 is 9.47 Å². The quantitative estimate of drug-likeness (QED) is 0.593. The van der Waals surface area contributed by atoms with Crippen LogP contribution in [0.1, 0.15) is 11.7 Å². The molecule has 1 saturated heterocycles. The van der Waals surface area contributed by atoms with Crippen LogP contribution in [0.15, 0.2) is 18.3 Å². The second kappa shape index (κ2) is 3.16. The Labute approximate surface area is 69.1 Å². The average Bonchev–Trinajstić information content (AvgIpc) is 2.57. The van der Waals surface area contributed by atoms with E-state index in [1.807, 2.05) is 0 Å². The summed E-state index contributed by atoms with van der Waals surface area (Å²) in [6.45, 7) is 0.640. The van der Waals surface area contributed by atoms with Crippen molar-refractivity contribution >= 4 is 0 Å². The Bertz CT molecular complexity index is 274. The Kier molecular flexibility index (Phi) is 2.01. The van der Waals surface area contributed by atoms with E-state index in [2.05, 4.69) is 4.98 Å². The van der Waals surface area contributed by atoms with E-state index in [0.29, 0.717) is 12.2 Å². The lowest BCUT2D eigenvalue weighted by Crippen LogP contribution is -2.03. The first kappa shape index (κ1) is 7.64. The zero-order chi connectivity index (χ0) is 8.39. The predicted molar refractivity (Wildman–Crippen MR) is 38.8 cm³/mol. The highest BCUT2D eigenvalue weighted by Crippen LogP contribution is 2.23. The lowest BCUT2D eigenvalue weighted by molar-refractivity contribution is 0.0455. The second-order valence-electron chi connectivity index (χ2n) is 2.53. The molecule has 4 heteroatoms. The first-order valence-electron chi connectivity index (χ1n) is 3.67. The minimum atomic E-state index is -0.479. The Balaban J connectivity index is 2.26. The van der Waals surface area contributed by atoms with Gasteiger partial charge in [-0.05, 0) is 6.07 Å². The van der Waals surface area contributed by atoms with Crippen LogP contribution in [0.25, 0.3) is 0 Å². The van der Waals surface area contributed by atoms with E-state index in [1.165, 1.54) is 6.20 Å². The van der Waals surface area contributed by atoms with Gasteiger partial charge in [-0.25, -0.2) is 4.98 Å². The molecule has 0 saturated carbocycles. The molecule has 0 radical (unpaired) electrons. The summed E-state index contributed by atoms with van der Waals surface area (Å²) in [6, 6.07) is 3.34. The van der Waals surface area contributed by atoms with Gasteiger partial charge in [0.1, 0.15) is 12.9 Å². The first-order chi connectivity index (χ1) is 5.88. The van der Waals surface area contributed by atoms with Crippen molar-refractivity contribution in [2.24, 2.45) is 0 Å². The molecule has 1 aliphatic rings. The number of hydrogen-bond acceptors (Lipinski definition) is 3. The van der Waals surface area contributed by atoms with Crippen molar-refractivity contribution in [3.8, 4) is 0 Å². The molecule has 3 nitrogen and oxygen atoms in total. The van der Waals surface area contributed by atoms with E-state index >= 15 is 0 Å². The summed E-state index contributed by atoms with van der Waals surface area (Å²) < 4.78 is 23.1. The van der Waals surface area contributed by atoms with Crippen LogP contribution in [0.4, 0.5) is 4.39 Å². The lowest BCUT2D eigenvalue weighted by atomic mass is 10.2. The number of hydrogen-bond donors (Lipinski definition) is 0. The fourth-order valence-corrected chi connectivity index (χ4v) is 1.15. The monoisotopic (exact) mass is 169 g/mol. The van der Waals surface area contributed by atoms with E-state index < -0.39 is 5.95 Å². The number of aromatic nitrogens is 1. The van der Waals surface area contributed by atoms with Crippen LogP contribution in [0.2, 0.25) is 0 Å². The number of ether oxygens (including phenoxy) is 2. The zero-order valence-electron chi connectivity index (χ0n) is 6.37. The third kappa shape index (κ3) is 1.31. The van der Waals surface area contributed by atoms with Crippen LogP contribution < -0.4 is 0 Å². The smallest absolute Gasteiger partial charge is 0.218 e. The molecule has 1 fully saturated rings. The molecule has 0 bridgehead atoms. The lowest BCUT2D eigenvalue weighted by Gasteiger charge is -2.06. The molecule has 0 amide bonds. The van der Waals surface area contributed by atoms with Gasteiger partial charge in [0.25, 0.3) is 0 Å². The molecule has 1 aliphatic heterocycles. The number of rotatable bonds is 1. The van der Waals surface area contributed by atoms with Gasteiger partial charge in [0.05, 0.1) is 6.61 Å². The van der Waals surface area contributed by atoms with Crippen molar-refractivity contribution < 1.29 is 13.9 Å². The molecule has 1 unspecified atom stereocenters. The van der Waals surface area contributed by atoms with E-state index in [-0.39, 0.29) is 12.9 Å². The molecule has 1 atom stereocenters. The normalized spacial score (nSPS) is 22.9. The summed E-state index contributed by atoms with van der Waals surface area (Å²) in [4.78, 5) is 3.52. The van der Waals surface area contributed by atoms with E-state index in [1.54, 1.807) is 12.1 Å². The first-order valence-corrected chi connectivity index (χ1v) is 3.67. The summed E-state index contributed by atoms with van der Waals surface area (Å²) in [5, 5.41) is 0. The molecule has 0 spiro atoms. The highest BCUT2D eigenvalue weighted by Gasteiger charge is 2.21. The summed E-state index contributed by atoms with van der Waals surface area (Å²) >= 11 is 0. The molecule has 1 aromatic heterocycles. The van der Waals surface area contributed by atoms with Crippen molar-refractivity contribution in [2.75, 3.05) is 13.4 Å². The minimum Gasteiger partial charge on any atom is -0.352 e. The van der Waals surface area contributed by atoms with Crippen molar-refractivity contribution in [2.45, 2.75) is 6.10 Å². The minimum absolute atomic E-state index is 0.235. The second-order valence-corrected chi connectivity index (χ2v) is 2.53. The molecule has 1 aromatic rings. The average molecular weight is 169 g/mol. The van der Waals surface area contributed by atoms with Gasteiger partial charge in [-0.15, -0.1) is 0 Å². The molecule has 2 heterocycles. The third-order valence-corrected chi connectivity index (χ3v) is 1.76. The Morgan fingerprint density at radius 3 is 3.17 bits per heavy atom. The van der Waals surface area contributed by atoms with E-state index in [9.17, 15) is 4.39 Å². The Morgan fingerprint density at radius 1 is 1.58 bits per heavy atom. The fourth-order valence-electron chi connectivity index (χ4n) is 1.15. The highest BCUT2D eigenvalue weighted by atomic mass is 19.1. The van der Waals surface area contributed by atoms with Gasteiger partial charge in [-0.1, -0.05) is 6.07 Å². The molecule has 0 aromatic carbocycles. The number of halogens is 1. The highest BCUT2D eigenvalue weighted by molar-refractivity contribution is 5.14. The molecular formula is C8H8FNO2. The summed E-state index contributed by atoms with van der Waals surface area (Å²) in [5.41, 5.74) is 0.468. The summed E-state index contributed by atoms with van der Waals surface area (Å²) in [5.74, 6) is -0.479. The van der Waals surface area contributed by atoms with Crippen LogP contribution in [-0.2, 0) is 9.47 Å². The van der Waals surface area contributed by atoms with Crippen molar-refractivity contribution in [3.63, 3.8) is 0 Å². The van der Waals surface area contributed by atoms with Crippen LogP contribution >= 0.6 is 0 Å². The maximum Gasteiger partial charge on any atom is 0.218 e. The Morgan fingerprint density at radius 2 is 2.50 bits per heavy atom. The zero-order valence-corrected chi connectivity index (χ0v) is 6.37. The van der Waals surface area contributed by atoms with Gasteiger partial charge in [-0.2, -0.15) is 4.39 Å². The molecule has 0 aliphatic carbocycles. The number of nitrogens with zero attached hydrogens (tertiary/aromatic N) is 1. The van der Waals surface area contributed by atoms with Gasteiger partial charge in [0, 0.05) is 11.8 Å². The largest absolute Gasteiger partial charge is 0.352 e. The van der Waals surface area contributed by atoms with Crippen molar-refractivity contribution in [1.29, 1.82) is 0 Å². The molecule has 0 N–H and O–H groups in total. The molecule has 64 valence electrons. The standard InChI is InChI=1S/C8H8FNO2/c9-8-6(2-1-3-10-8)7-4-11-5-12-7/h1-3,7H,4-5H2. The molecule has 2 rings (SSSR count). The molecule has 12 heavy (non-hydrogen) atoms. The predicted octanol–water partition coefficient (Wildman–Crippen LogP) is 1.27. The van der Waals surface area contributed by atoms with Crippen LogP contribution in [0.5, 0.6) is 0 Å². The maximum atomic E-state index is 13.0. The third-order valence-electron chi connectivity index (χ3n) is 1.76.